The number of nitrogens with one attached hydrogen (secondary N) is 1. The molecule has 3 aliphatic heterocycles. The maximum absolute atomic E-state index is 13.7. The Hall–Kier alpha value is -3.04. The number of ether oxygens (including phenoxy) is 1. The molecule has 0 aromatic heterocycles. The Morgan fingerprint density at radius 3 is 2.63 bits per heavy atom. The number of aryl methyl sites for hydroxylation is 1. The first-order valence-corrected chi connectivity index (χ1v) is 18.5. The zero-order valence-electron chi connectivity index (χ0n) is 27.0. The number of carbonyl (C=O) groups is 2. The van der Waals surface area contributed by atoms with Gasteiger partial charge in [-0.1, -0.05) is 43.7 Å². The van der Waals surface area contributed by atoms with Crippen LogP contribution in [0.25, 0.3) is 0 Å². The number of halogens is 1. The summed E-state index contributed by atoms with van der Waals surface area (Å²) < 4.78 is 24.2. The lowest BCUT2D eigenvalue weighted by Gasteiger charge is -2.41. The molecule has 2 fully saturated rings. The number of hydrogen-bond acceptors (Lipinski definition) is 6. The summed E-state index contributed by atoms with van der Waals surface area (Å²) in [6.07, 6.45) is 12.2. The van der Waals surface area contributed by atoms with Crippen molar-refractivity contribution in [1.29, 1.82) is 0 Å². The van der Waals surface area contributed by atoms with E-state index in [2.05, 4.69) is 45.8 Å². The summed E-state index contributed by atoms with van der Waals surface area (Å²) in [6, 6.07) is 11.3. The van der Waals surface area contributed by atoms with Gasteiger partial charge in [-0.05, 0) is 122 Å². The first-order valence-electron chi connectivity index (χ1n) is 16.9. The van der Waals surface area contributed by atoms with Crippen LogP contribution < -0.4 is 15.0 Å². The molecule has 4 atom stereocenters. The van der Waals surface area contributed by atoms with Gasteiger partial charge in [0.25, 0.3) is 5.91 Å². The van der Waals surface area contributed by atoms with E-state index in [0.29, 0.717) is 56.0 Å². The van der Waals surface area contributed by atoms with Crippen LogP contribution in [-0.2, 0) is 27.8 Å². The van der Waals surface area contributed by atoms with Gasteiger partial charge in [-0.25, -0.2) is 4.79 Å². The molecular formula is C36H46ClN4O4S-. The molecule has 1 saturated heterocycles. The molecule has 1 saturated carbocycles. The molecule has 4 aliphatic rings. The summed E-state index contributed by atoms with van der Waals surface area (Å²) in [6.45, 7) is 7.56. The van der Waals surface area contributed by atoms with Crippen LogP contribution in [-0.4, -0.2) is 48.5 Å². The van der Waals surface area contributed by atoms with E-state index >= 15 is 0 Å². The van der Waals surface area contributed by atoms with E-state index in [1.54, 1.807) is 11.0 Å². The summed E-state index contributed by atoms with van der Waals surface area (Å²) in [5.74, 6) is 1.58. The Morgan fingerprint density at radius 1 is 1.04 bits per heavy atom. The van der Waals surface area contributed by atoms with Crippen molar-refractivity contribution in [3.63, 3.8) is 0 Å². The third-order valence-electron chi connectivity index (χ3n) is 10.3. The van der Waals surface area contributed by atoms with Gasteiger partial charge in [0, 0.05) is 36.8 Å². The number of benzene rings is 2. The van der Waals surface area contributed by atoms with E-state index in [9.17, 15) is 13.8 Å². The molecule has 248 valence electrons. The van der Waals surface area contributed by atoms with E-state index < -0.39 is 21.9 Å². The third-order valence-corrected chi connectivity index (χ3v) is 11.9. The molecule has 1 aliphatic carbocycles. The average molecular weight is 666 g/mol. The lowest BCUT2D eigenvalue weighted by Crippen LogP contribution is -2.56. The van der Waals surface area contributed by atoms with Crippen molar-refractivity contribution in [2.75, 3.05) is 31.1 Å². The number of anilines is 1. The first kappa shape index (κ1) is 32.9. The summed E-state index contributed by atoms with van der Waals surface area (Å²) in [4.78, 5) is 30.8. The topological polar surface area (TPSA) is 91.3 Å². The number of carbonyl (C=O) groups excluding carboxylic acids is 2. The lowest BCUT2D eigenvalue weighted by molar-refractivity contribution is 0.100. The second kappa shape index (κ2) is 14.8. The van der Waals surface area contributed by atoms with Crippen LogP contribution in [0.3, 0.4) is 0 Å². The molecule has 3 heterocycles. The fourth-order valence-corrected chi connectivity index (χ4v) is 8.31. The van der Waals surface area contributed by atoms with E-state index in [1.165, 1.54) is 17.5 Å². The van der Waals surface area contributed by atoms with Gasteiger partial charge in [0.15, 0.2) is 0 Å². The second-order valence-corrected chi connectivity index (χ2v) is 15.2. The van der Waals surface area contributed by atoms with Gasteiger partial charge in [0.2, 0.25) is 0 Å². The van der Waals surface area contributed by atoms with Gasteiger partial charge in [0.1, 0.15) is 5.75 Å². The van der Waals surface area contributed by atoms with Gasteiger partial charge in [-0.2, -0.15) is 10.6 Å². The van der Waals surface area contributed by atoms with Crippen LogP contribution in [0.2, 0.25) is 5.02 Å². The first-order chi connectivity index (χ1) is 22.3. The van der Waals surface area contributed by atoms with Gasteiger partial charge in [-0.3, -0.25) is 4.79 Å². The number of allylic oxidation sites excluding steroid dienone is 2. The monoisotopic (exact) mass is 665 g/mol. The van der Waals surface area contributed by atoms with Gasteiger partial charge in [0.05, 0.1) is 12.3 Å². The molecule has 6 rings (SSSR count). The minimum absolute atomic E-state index is 0.171. The zero-order chi connectivity index (χ0) is 32.2. The highest BCUT2D eigenvalue weighted by Crippen LogP contribution is 2.41. The number of nitrogens with zero attached hydrogens (tertiary/aromatic N) is 3. The van der Waals surface area contributed by atoms with Crippen molar-refractivity contribution in [3.8, 4) is 5.75 Å². The van der Waals surface area contributed by atoms with Crippen molar-refractivity contribution >= 4 is 39.8 Å². The number of amides is 3. The molecule has 0 spiro atoms. The third kappa shape index (κ3) is 7.57. The molecule has 2 bridgehead atoms. The van der Waals surface area contributed by atoms with Crippen LogP contribution >= 0.6 is 11.6 Å². The van der Waals surface area contributed by atoms with Crippen LogP contribution in [0.5, 0.6) is 5.75 Å². The molecule has 10 heteroatoms. The number of fused-ring (bicyclic) bond motifs is 3. The standard InChI is InChI=1S/C36H46ClN4O4S/c1-3-25-20-41(21-25)36(43)38-35-24(2)8-4-5-9-26-11-12-29(26)22-40-23-30-13-15-31(37)18-27(30)10-6-7-17-45-33-16-14-28(19-32(33)40)34(42)39-46(35)44/h4-5,13-16,18-19,24-26,29,35H,3,6-12,17,20-23H2,1-2H3,(H,38,43)/q-1/b5-4+/t24-,26+,29-,35?/m0/s1. The van der Waals surface area contributed by atoms with E-state index in [-0.39, 0.29) is 11.9 Å². The maximum atomic E-state index is 13.7. The largest absolute Gasteiger partial charge is 0.491 e. The minimum Gasteiger partial charge on any atom is -0.491 e. The Bertz CT molecular complexity index is 1550. The predicted molar refractivity (Wildman–Crippen MR) is 184 cm³/mol. The van der Waals surface area contributed by atoms with E-state index in [0.717, 1.165) is 61.5 Å². The fourth-order valence-electron chi connectivity index (χ4n) is 7.02. The average Bonchev–Trinajstić information content (AvgIpc) is 3.03. The summed E-state index contributed by atoms with van der Waals surface area (Å²) in [5, 5.41) is 2.93. The highest BCUT2D eigenvalue weighted by Gasteiger charge is 2.33. The van der Waals surface area contributed by atoms with E-state index in [4.69, 9.17) is 16.3 Å². The van der Waals surface area contributed by atoms with Crippen LogP contribution in [0.1, 0.15) is 80.3 Å². The van der Waals surface area contributed by atoms with Crippen molar-refractivity contribution in [2.24, 2.45) is 28.0 Å². The zero-order valence-corrected chi connectivity index (χ0v) is 28.5. The lowest BCUT2D eigenvalue weighted by atomic mass is 9.71. The second-order valence-electron chi connectivity index (χ2n) is 13.5. The molecule has 46 heavy (non-hydrogen) atoms. The molecule has 0 radical (unpaired) electrons. The Balaban J connectivity index is 1.36. The van der Waals surface area contributed by atoms with Crippen molar-refractivity contribution < 1.29 is 18.5 Å². The molecule has 1 N–H and O–H groups in total. The maximum Gasteiger partial charge on any atom is 0.316 e. The summed E-state index contributed by atoms with van der Waals surface area (Å²) in [7, 11) is -1.97. The van der Waals surface area contributed by atoms with Gasteiger partial charge < -0.3 is 28.4 Å². The highest BCUT2D eigenvalue weighted by molar-refractivity contribution is 7.75. The highest BCUT2D eigenvalue weighted by atomic mass is 35.5. The summed E-state index contributed by atoms with van der Waals surface area (Å²) >= 11 is 6.43. The van der Waals surface area contributed by atoms with Crippen LogP contribution in [0.4, 0.5) is 10.5 Å². The Morgan fingerprint density at radius 2 is 1.85 bits per heavy atom. The van der Waals surface area contributed by atoms with Gasteiger partial charge in [-0.15, -0.1) is 0 Å². The number of hydrogen-bond donors (Lipinski definition) is 1. The SMILES string of the molecule is CCC1CN(C(=O)NC2[C@@H](C)C/C=C/C[C@@H]3CC[C@H]3CN3Cc4ccc(Cl)cc4CCCCOc4ccc(cc43)C(=O)N=[S-]2=O)C1. The number of urea groups is 1. The number of rotatable bonds is 2. The summed E-state index contributed by atoms with van der Waals surface area (Å²) in [5.41, 5.74) is 3.68. The molecule has 8 nitrogen and oxygen atoms in total. The van der Waals surface area contributed by atoms with Crippen molar-refractivity contribution in [3.05, 3.63) is 70.3 Å². The molecular weight excluding hydrogens is 620 g/mol. The predicted octanol–water partition coefficient (Wildman–Crippen LogP) is 7.74. The van der Waals surface area contributed by atoms with Crippen molar-refractivity contribution in [1.82, 2.24) is 10.2 Å². The van der Waals surface area contributed by atoms with Crippen LogP contribution in [0, 0.1) is 23.7 Å². The molecule has 1 unspecified atom stereocenters. The van der Waals surface area contributed by atoms with E-state index in [1.807, 2.05) is 25.1 Å². The molecule has 2 aromatic carbocycles. The molecule has 2 aromatic rings. The molecule has 3 amide bonds. The Labute approximate surface area is 280 Å². The quantitative estimate of drug-likeness (QED) is 0.262. The normalized spacial score (nSPS) is 27.0. The van der Waals surface area contributed by atoms with Gasteiger partial charge >= 0.3 is 6.03 Å². The Kier molecular flexibility index (Phi) is 10.6. The number of likely N-dealkylation sites (tertiary alicyclic amines) is 1. The van der Waals surface area contributed by atoms with Crippen molar-refractivity contribution in [2.45, 2.75) is 77.1 Å². The fraction of sp³-hybridized carbons (Fsp3) is 0.556. The smallest absolute Gasteiger partial charge is 0.316 e. The van der Waals surface area contributed by atoms with Crippen LogP contribution in [0.15, 0.2) is 52.9 Å². The minimum atomic E-state index is -1.97.